The van der Waals surface area contributed by atoms with E-state index in [1.54, 1.807) is 0 Å². The normalized spacial score (nSPS) is 32.2. The first-order chi connectivity index (χ1) is 11.0. The number of nitrogens with zero attached hydrogens (tertiary/aromatic N) is 1. The third kappa shape index (κ3) is 4.06. The molecule has 2 bridgehead atoms. The Morgan fingerprint density at radius 1 is 1.26 bits per heavy atom. The Labute approximate surface area is 139 Å². The summed E-state index contributed by atoms with van der Waals surface area (Å²) in [5, 5.41) is 6.88. The van der Waals surface area contributed by atoms with Crippen molar-refractivity contribution in [1.29, 1.82) is 0 Å². The summed E-state index contributed by atoms with van der Waals surface area (Å²) < 4.78 is 0. The molecule has 0 aromatic carbocycles. The maximum absolute atomic E-state index is 12.9. The van der Waals surface area contributed by atoms with Gasteiger partial charge in [0.1, 0.15) is 6.04 Å². The molecule has 3 atom stereocenters. The van der Waals surface area contributed by atoms with Crippen LogP contribution in [0, 0.1) is 5.92 Å². The molecule has 23 heavy (non-hydrogen) atoms. The molecule has 0 aromatic heterocycles. The molecule has 0 saturated carbocycles. The fraction of sp³-hybridized carbons (Fsp3) is 0.889. The van der Waals surface area contributed by atoms with E-state index in [2.05, 4.69) is 24.5 Å². The number of nitrogens with one attached hydrogen (secondary N) is 2. The first-order valence-electron chi connectivity index (χ1n) is 9.39. The van der Waals surface area contributed by atoms with Crippen LogP contribution in [0.25, 0.3) is 0 Å². The maximum Gasteiger partial charge on any atom is 0.243 e. The third-order valence-corrected chi connectivity index (χ3v) is 5.55. The fourth-order valence-corrected chi connectivity index (χ4v) is 4.45. The average Bonchev–Trinajstić information content (AvgIpc) is 2.84. The van der Waals surface area contributed by atoms with Gasteiger partial charge in [-0.15, -0.1) is 0 Å². The molecule has 3 heterocycles. The Bertz CT molecular complexity index is 440. The number of hydrogen-bond acceptors (Lipinski definition) is 3. The smallest absolute Gasteiger partial charge is 0.243 e. The lowest BCUT2D eigenvalue weighted by Crippen LogP contribution is -2.56. The number of hydrogen-bond donors (Lipinski definition) is 2. The molecule has 5 nitrogen and oxygen atoms in total. The number of fused-ring (bicyclic) bond motifs is 2. The van der Waals surface area contributed by atoms with Gasteiger partial charge in [0.25, 0.3) is 0 Å². The number of piperidine rings is 2. The van der Waals surface area contributed by atoms with Crippen molar-refractivity contribution in [1.82, 2.24) is 15.5 Å². The predicted octanol–water partition coefficient (Wildman–Crippen LogP) is 1.81. The van der Waals surface area contributed by atoms with Gasteiger partial charge >= 0.3 is 0 Å². The van der Waals surface area contributed by atoms with E-state index in [0.717, 1.165) is 38.6 Å². The second-order valence-corrected chi connectivity index (χ2v) is 8.00. The number of rotatable bonds is 5. The van der Waals surface area contributed by atoms with Crippen LogP contribution in [-0.2, 0) is 9.59 Å². The number of carbonyl (C=O) groups excluding carboxylic acids is 2. The highest BCUT2D eigenvalue weighted by molar-refractivity contribution is 5.88. The molecule has 0 spiro atoms. The number of likely N-dealkylation sites (tertiary alicyclic amines) is 1. The summed E-state index contributed by atoms with van der Waals surface area (Å²) >= 11 is 0. The third-order valence-electron chi connectivity index (χ3n) is 5.55. The lowest BCUT2D eigenvalue weighted by molar-refractivity contribution is -0.143. The lowest BCUT2D eigenvalue weighted by atomic mass is 9.96. The van der Waals surface area contributed by atoms with Crippen LogP contribution in [0.5, 0.6) is 0 Å². The predicted molar refractivity (Wildman–Crippen MR) is 89.9 cm³/mol. The Balaban J connectivity index is 1.63. The summed E-state index contributed by atoms with van der Waals surface area (Å²) in [4.78, 5) is 27.0. The van der Waals surface area contributed by atoms with Gasteiger partial charge in [0.15, 0.2) is 0 Å². The van der Waals surface area contributed by atoms with Crippen molar-refractivity contribution in [2.45, 2.75) is 89.4 Å². The molecule has 130 valence electrons. The quantitative estimate of drug-likeness (QED) is 0.812. The van der Waals surface area contributed by atoms with Gasteiger partial charge in [-0.25, -0.2) is 0 Å². The molecule has 3 fully saturated rings. The Morgan fingerprint density at radius 2 is 1.96 bits per heavy atom. The van der Waals surface area contributed by atoms with Crippen molar-refractivity contribution < 1.29 is 9.59 Å². The van der Waals surface area contributed by atoms with Crippen molar-refractivity contribution in [3.05, 3.63) is 0 Å². The van der Waals surface area contributed by atoms with Crippen molar-refractivity contribution in [3.8, 4) is 0 Å². The summed E-state index contributed by atoms with van der Waals surface area (Å²) in [7, 11) is 0. The standard InChI is InChI=1S/C18H31N3O2/c1-12(2)9-16(21-8-4-3-5-17(21)22)18(23)20-15-10-13-6-7-14(11-15)19-13/h12-16,19H,3-11H2,1-2H3,(H,20,23). The van der Waals surface area contributed by atoms with Gasteiger partial charge in [0.2, 0.25) is 11.8 Å². The summed E-state index contributed by atoms with van der Waals surface area (Å²) in [6, 6.07) is 1.13. The Morgan fingerprint density at radius 3 is 2.57 bits per heavy atom. The maximum atomic E-state index is 12.9. The van der Waals surface area contributed by atoms with E-state index < -0.39 is 0 Å². The van der Waals surface area contributed by atoms with Gasteiger partial charge in [0, 0.05) is 31.1 Å². The van der Waals surface area contributed by atoms with E-state index in [4.69, 9.17) is 0 Å². The molecule has 0 radical (unpaired) electrons. The summed E-state index contributed by atoms with van der Waals surface area (Å²) in [5.74, 6) is 0.632. The Hall–Kier alpha value is -1.10. The molecule has 5 heteroatoms. The minimum atomic E-state index is -0.282. The number of amides is 2. The molecule has 3 unspecified atom stereocenters. The summed E-state index contributed by atoms with van der Waals surface area (Å²) in [6.07, 6.45) is 7.87. The van der Waals surface area contributed by atoms with Gasteiger partial charge in [-0.3, -0.25) is 9.59 Å². The van der Waals surface area contributed by atoms with Crippen LogP contribution in [0.2, 0.25) is 0 Å². The second-order valence-electron chi connectivity index (χ2n) is 8.00. The molecule has 3 aliphatic rings. The van der Waals surface area contributed by atoms with Crippen molar-refractivity contribution in [3.63, 3.8) is 0 Å². The van der Waals surface area contributed by atoms with E-state index in [0.29, 0.717) is 24.4 Å². The van der Waals surface area contributed by atoms with Crippen LogP contribution in [0.15, 0.2) is 0 Å². The van der Waals surface area contributed by atoms with Crippen LogP contribution in [0.1, 0.15) is 65.2 Å². The highest BCUT2D eigenvalue weighted by Crippen LogP contribution is 2.27. The molecule has 2 amide bonds. The Kier molecular flexibility index (Phi) is 5.24. The molecule has 2 N–H and O–H groups in total. The first kappa shape index (κ1) is 16.7. The molecule has 3 rings (SSSR count). The van der Waals surface area contributed by atoms with Crippen molar-refractivity contribution in [2.24, 2.45) is 5.92 Å². The molecular formula is C18H31N3O2. The monoisotopic (exact) mass is 321 g/mol. The van der Waals surface area contributed by atoms with Crippen LogP contribution < -0.4 is 10.6 Å². The van der Waals surface area contributed by atoms with Gasteiger partial charge in [0.05, 0.1) is 0 Å². The zero-order valence-corrected chi connectivity index (χ0v) is 14.5. The van der Waals surface area contributed by atoms with Crippen LogP contribution in [-0.4, -0.2) is 47.4 Å². The minimum absolute atomic E-state index is 0.0697. The fourth-order valence-electron chi connectivity index (χ4n) is 4.45. The highest BCUT2D eigenvalue weighted by atomic mass is 16.2. The van der Waals surface area contributed by atoms with Gasteiger partial charge in [-0.05, 0) is 50.9 Å². The summed E-state index contributed by atoms with van der Waals surface area (Å²) in [5.41, 5.74) is 0. The molecule has 3 aliphatic heterocycles. The molecule has 0 aromatic rings. The largest absolute Gasteiger partial charge is 0.351 e. The molecule has 0 aliphatic carbocycles. The van der Waals surface area contributed by atoms with Gasteiger partial charge < -0.3 is 15.5 Å². The molecular weight excluding hydrogens is 290 g/mol. The van der Waals surface area contributed by atoms with Gasteiger partial charge in [-0.2, -0.15) is 0 Å². The van der Waals surface area contributed by atoms with E-state index in [9.17, 15) is 9.59 Å². The first-order valence-corrected chi connectivity index (χ1v) is 9.39. The molecule has 3 saturated heterocycles. The lowest BCUT2D eigenvalue weighted by Gasteiger charge is -2.37. The number of carbonyl (C=O) groups is 2. The van der Waals surface area contributed by atoms with Crippen molar-refractivity contribution >= 4 is 11.8 Å². The van der Waals surface area contributed by atoms with E-state index in [1.807, 2.05) is 4.90 Å². The second kappa shape index (κ2) is 7.20. The van der Waals surface area contributed by atoms with E-state index in [-0.39, 0.29) is 23.9 Å². The minimum Gasteiger partial charge on any atom is -0.351 e. The SMILES string of the molecule is CC(C)CC(C(=O)NC1CC2CCC(C1)N2)N1CCCCC1=O. The van der Waals surface area contributed by atoms with E-state index >= 15 is 0 Å². The summed E-state index contributed by atoms with van der Waals surface area (Å²) in [6.45, 7) is 4.99. The van der Waals surface area contributed by atoms with Gasteiger partial charge in [-0.1, -0.05) is 13.8 Å². The topological polar surface area (TPSA) is 61.4 Å². The van der Waals surface area contributed by atoms with Crippen molar-refractivity contribution in [2.75, 3.05) is 6.54 Å². The van der Waals surface area contributed by atoms with Crippen LogP contribution in [0.3, 0.4) is 0 Å². The zero-order valence-electron chi connectivity index (χ0n) is 14.5. The van der Waals surface area contributed by atoms with Crippen LogP contribution >= 0.6 is 0 Å². The van der Waals surface area contributed by atoms with E-state index in [1.165, 1.54) is 12.8 Å². The highest BCUT2D eigenvalue weighted by Gasteiger charge is 2.37. The zero-order chi connectivity index (χ0) is 16.4. The average molecular weight is 321 g/mol. The van der Waals surface area contributed by atoms with Crippen LogP contribution in [0.4, 0.5) is 0 Å².